The van der Waals surface area contributed by atoms with Gasteiger partial charge in [-0.2, -0.15) is 0 Å². The van der Waals surface area contributed by atoms with Crippen LogP contribution in [0, 0.1) is 0 Å². The zero-order valence-electron chi connectivity index (χ0n) is 19.4. The van der Waals surface area contributed by atoms with Crippen LogP contribution < -0.4 is 10.5 Å². The van der Waals surface area contributed by atoms with Gasteiger partial charge in [-0.15, -0.1) is 11.3 Å². The van der Waals surface area contributed by atoms with Gasteiger partial charge in [0, 0.05) is 23.0 Å². The van der Waals surface area contributed by atoms with Crippen molar-refractivity contribution in [1.29, 1.82) is 0 Å². The predicted octanol–water partition coefficient (Wildman–Crippen LogP) is 6.66. The molecule has 5 rings (SSSR count). The molecule has 2 heterocycles. The molecule has 0 bridgehead atoms. The van der Waals surface area contributed by atoms with Crippen LogP contribution >= 0.6 is 11.3 Å². The van der Waals surface area contributed by atoms with E-state index in [4.69, 9.17) is 15.5 Å². The first-order valence-electron chi connectivity index (χ1n) is 12.3. The van der Waals surface area contributed by atoms with E-state index in [1.165, 1.54) is 49.9 Å². The van der Waals surface area contributed by atoms with Crippen LogP contribution in [-0.4, -0.2) is 35.0 Å². The highest BCUT2D eigenvalue weighted by atomic mass is 32.1. The second-order valence-corrected chi connectivity index (χ2v) is 10.4. The molecule has 2 fully saturated rings. The highest BCUT2D eigenvalue weighted by Gasteiger charge is 2.35. The Hall–Kier alpha value is -2.60. The van der Waals surface area contributed by atoms with Crippen LogP contribution in [0.3, 0.4) is 0 Å². The second kappa shape index (κ2) is 9.72. The van der Waals surface area contributed by atoms with E-state index in [0.29, 0.717) is 22.6 Å². The third-order valence-corrected chi connectivity index (χ3v) is 8.45. The quantitative estimate of drug-likeness (QED) is 0.459. The number of hydrogen-bond donors (Lipinski definition) is 1. The van der Waals surface area contributed by atoms with Gasteiger partial charge in [-0.1, -0.05) is 38.5 Å². The first-order chi connectivity index (χ1) is 16.2. The van der Waals surface area contributed by atoms with Gasteiger partial charge in [0.25, 0.3) is 5.91 Å². The molecule has 0 spiro atoms. The Labute approximate surface area is 200 Å². The van der Waals surface area contributed by atoms with E-state index in [9.17, 15) is 4.79 Å². The number of nitrogen functional groups attached to an aromatic ring is 1. The van der Waals surface area contributed by atoms with Gasteiger partial charge in [-0.25, -0.2) is 4.98 Å². The topological polar surface area (TPSA) is 68.5 Å². The van der Waals surface area contributed by atoms with Gasteiger partial charge in [0.1, 0.15) is 15.5 Å². The second-order valence-electron chi connectivity index (χ2n) is 9.42. The van der Waals surface area contributed by atoms with E-state index in [0.717, 1.165) is 52.9 Å². The molecule has 5 nitrogen and oxygen atoms in total. The summed E-state index contributed by atoms with van der Waals surface area (Å²) < 4.78 is 5.27. The average molecular weight is 464 g/mol. The molecule has 0 radical (unpaired) electrons. The molecule has 0 saturated heterocycles. The van der Waals surface area contributed by atoms with E-state index in [1.54, 1.807) is 7.11 Å². The summed E-state index contributed by atoms with van der Waals surface area (Å²) in [6.07, 6.45) is 11.9. The fourth-order valence-corrected chi connectivity index (χ4v) is 6.58. The summed E-state index contributed by atoms with van der Waals surface area (Å²) in [5.41, 5.74) is 9.05. The molecule has 33 heavy (non-hydrogen) atoms. The molecule has 2 saturated carbocycles. The van der Waals surface area contributed by atoms with Crippen LogP contribution in [0.1, 0.15) is 73.9 Å². The van der Waals surface area contributed by atoms with Gasteiger partial charge >= 0.3 is 0 Å². The number of anilines is 1. The van der Waals surface area contributed by atoms with Crippen molar-refractivity contribution in [2.45, 2.75) is 76.3 Å². The Morgan fingerprint density at radius 3 is 2.12 bits per heavy atom. The molecule has 1 amide bonds. The summed E-state index contributed by atoms with van der Waals surface area (Å²) in [6, 6.07) is 12.6. The summed E-state index contributed by atoms with van der Waals surface area (Å²) in [7, 11) is 1.66. The van der Waals surface area contributed by atoms with E-state index >= 15 is 0 Å². The van der Waals surface area contributed by atoms with Gasteiger partial charge in [0.05, 0.1) is 18.5 Å². The summed E-state index contributed by atoms with van der Waals surface area (Å²) in [6.45, 7) is 0. The van der Waals surface area contributed by atoms with Crippen LogP contribution in [0.5, 0.6) is 5.75 Å². The van der Waals surface area contributed by atoms with Crippen LogP contribution in [0.4, 0.5) is 5.69 Å². The van der Waals surface area contributed by atoms with Gasteiger partial charge in [0.15, 0.2) is 0 Å². The molecule has 3 aromatic rings. The van der Waals surface area contributed by atoms with Crippen molar-refractivity contribution in [1.82, 2.24) is 9.88 Å². The lowest BCUT2D eigenvalue weighted by molar-refractivity contribution is 0.0454. The number of nitrogens with zero attached hydrogens (tertiary/aromatic N) is 2. The standard InChI is InChI=1S/C27H33N3O2S/c1-32-21-14-12-18(13-15-21)23-17-16-22-24(28)25(33-26(22)29-23)27(31)30(19-8-4-2-5-9-19)20-10-6-3-7-11-20/h12-17,19-20H,2-11,28H2,1H3. The Balaban J connectivity index is 1.48. The normalized spacial score (nSPS) is 17.8. The highest BCUT2D eigenvalue weighted by Crippen LogP contribution is 2.38. The lowest BCUT2D eigenvalue weighted by Gasteiger charge is -2.41. The fourth-order valence-electron chi connectivity index (χ4n) is 5.54. The summed E-state index contributed by atoms with van der Waals surface area (Å²) in [5, 5.41) is 0.882. The number of methoxy groups -OCH3 is 1. The number of ether oxygens (including phenoxy) is 1. The maximum atomic E-state index is 14.0. The monoisotopic (exact) mass is 463 g/mol. The Morgan fingerprint density at radius 1 is 0.939 bits per heavy atom. The molecule has 2 aromatic heterocycles. The molecule has 1 aromatic carbocycles. The van der Waals surface area contributed by atoms with Gasteiger partial charge < -0.3 is 15.4 Å². The van der Waals surface area contributed by atoms with E-state index in [2.05, 4.69) is 4.90 Å². The van der Waals surface area contributed by atoms with E-state index in [1.807, 2.05) is 36.4 Å². The van der Waals surface area contributed by atoms with Gasteiger partial charge in [0.2, 0.25) is 0 Å². The van der Waals surface area contributed by atoms with Crippen LogP contribution in [0.25, 0.3) is 21.5 Å². The molecule has 6 heteroatoms. The minimum absolute atomic E-state index is 0.125. The molecule has 2 aliphatic carbocycles. The molecule has 0 unspecified atom stereocenters. The number of amides is 1. The molecule has 2 N–H and O–H groups in total. The number of carbonyl (C=O) groups is 1. The van der Waals surface area contributed by atoms with Gasteiger partial charge in [-0.3, -0.25) is 4.79 Å². The molecule has 0 atom stereocenters. The fraction of sp³-hybridized carbons (Fsp3) is 0.481. The molecule has 174 valence electrons. The molecule has 2 aliphatic rings. The Morgan fingerprint density at radius 2 is 1.55 bits per heavy atom. The molecular formula is C27H33N3O2S. The van der Waals surface area contributed by atoms with Crippen LogP contribution in [0.2, 0.25) is 0 Å². The van der Waals surface area contributed by atoms with Crippen molar-refractivity contribution in [2.24, 2.45) is 0 Å². The summed E-state index contributed by atoms with van der Waals surface area (Å²) in [5.74, 6) is 0.943. The predicted molar refractivity (Wildman–Crippen MR) is 136 cm³/mol. The Kier molecular flexibility index (Phi) is 6.54. The highest BCUT2D eigenvalue weighted by molar-refractivity contribution is 7.21. The van der Waals surface area contributed by atoms with Crippen LogP contribution in [-0.2, 0) is 0 Å². The number of hydrogen-bond acceptors (Lipinski definition) is 5. The average Bonchev–Trinajstić information content (AvgIpc) is 3.21. The number of fused-ring (bicyclic) bond motifs is 1. The number of rotatable bonds is 5. The number of carbonyl (C=O) groups excluding carboxylic acids is 1. The number of pyridine rings is 1. The minimum atomic E-state index is 0.125. The van der Waals surface area contributed by atoms with Gasteiger partial charge in [-0.05, 0) is 62.1 Å². The van der Waals surface area contributed by atoms with Crippen molar-refractivity contribution >= 4 is 33.1 Å². The zero-order valence-corrected chi connectivity index (χ0v) is 20.2. The lowest BCUT2D eigenvalue weighted by atomic mass is 9.88. The Bertz CT molecular complexity index is 1090. The smallest absolute Gasteiger partial charge is 0.266 e. The van der Waals surface area contributed by atoms with Crippen LogP contribution in [0.15, 0.2) is 36.4 Å². The number of aromatic nitrogens is 1. The first kappa shape index (κ1) is 22.2. The van der Waals surface area contributed by atoms with Crippen molar-refractivity contribution in [3.05, 3.63) is 41.3 Å². The summed E-state index contributed by atoms with van der Waals surface area (Å²) >= 11 is 1.45. The number of thiophene rings is 1. The number of benzene rings is 1. The van der Waals surface area contributed by atoms with E-state index in [-0.39, 0.29) is 5.91 Å². The molecule has 0 aliphatic heterocycles. The minimum Gasteiger partial charge on any atom is -0.497 e. The zero-order chi connectivity index (χ0) is 22.8. The van der Waals surface area contributed by atoms with Crippen molar-refractivity contribution in [2.75, 3.05) is 12.8 Å². The third-order valence-electron chi connectivity index (χ3n) is 7.34. The molecular weight excluding hydrogens is 430 g/mol. The lowest BCUT2D eigenvalue weighted by Crippen LogP contribution is -2.48. The maximum Gasteiger partial charge on any atom is 0.266 e. The van der Waals surface area contributed by atoms with Crippen molar-refractivity contribution < 1.29 is 9.53 Å². The largest absolute Gasteiger partial charge is 0.497 e. The number of nitrogens with two attached hydrogens (primary N) is 1. The third kappa shape index (κ3) is 4.45. The van der Waals surface area contributed by atoms with Crippen molar-refractivity contribution in [3.8, 4) is 17.0 Å². The van der Waals surface area contributed by atoms with E-state index < -0.39 is 0 Å². The first-order valence-corrected chi connectivity index (χ1v) is 13.1. The SMILES string of the molecule is COc1ccc(-c2ccc3c(N)c(C(=O)N(C4CCCCC4)C4CCCCC4)sc3n2)cc1. The maximum absolute atomic E-state index is 14.0. The van der Waals surface area contributed by atoms with Crippen molar-refractivity contribution in [3.63, 3.8) is 0 Å². The summed E-state index contributed by atoms with van der Waals surface area (Å²) in [4.78, 5) is 22.6.